The monoisotopic (exact) mass is 243 g/mol. The van der Waals surface area contributed by atoms with E-state index >= 15 is 0 Å². The summed E-state index contributed by atoms with van der Waals surface area (Å²) in [5, 5.41) is 8.44. The largest absolute Gasteiger partial charge is 0.248 e. The minimum Gasteiger partial charge on any atom is -0.248 e. The summed E-state index contributed by atoms with van der Waals surface area (Å²) >= 11 is 5.63. The molecule has 1 aromatic heterocycles. The zero-order chi connectivity index (χ0) is 11.5. The first-order valence-corrected chi connectivity index (χ1v) is 6.54. The highest BCUT2D eigenvalue weighted by Gasteiger charge is 2.16. The molecule has 0 aliphatic carbocycles. The van der Waals surface area contributed by atoms with Gasteiger partial charge in [-0.05, 0) is 18.6 Å². The Morgan fingerprint density at radius 1 is 1.67 bits per heavy atom. The van der Waals surface area contributed by atoms with E-state index < -0.39 is 9.73 Å². The van der Waals surface area contributed by atoms with Gasteiger partial charge in [-0.2, -0.15) is 5.26 Å². The number of hydrogen-bond acceptors (Lipinski definition) is 4. The first-order chi connectivity index (χ1) is 6.97. The number of halogens is 1. The maximum atomic E-state index is 11.9. The number of pyridine rings is 1. The Labute approximate surface area is 94.1 Å². The van der Waals surface area contributed by atoms with E-state index in [0.29, 0.717) is 5.15 Å². The molecule has 0 saturated carbocycles. The van der Waals surface area contributed by atoms with Crippen molar-refractivity contribution in [2.75, 3.05) is 6.26 Å². The molecule has 0 bridgehead atoms. The van der Waals surface area contributed by atoms with E-state index in [-0.39, 0.29) is 5.25 Å². The molecule has 80 valence electrons. The summed E-state index contributed by atoms with van der Waals surface area (Å²) in [5.74, 6) is 0. The summed E-state index contributed by atoms with van der Waals surface area (Å²) in [6, 6.07) is 3.35. The Hall–Kier alpha value is -1.12. The van der Waals surface area contributed by atoms with Crippen LogP contribution < -0.4 is 0 Å². The normalized spacial score (nSPS) is 16.1. The molecule has 0 radical (unpaired) electrons. The van der Waals surface area contributed by atoms with Crippen LogP contribution in [0.4, 0.5) is 0 Å². The molecule has 2 unspecified atom stereocenters. The minimum absolute atomic E-state index is 0.345. The molecular formula is C9H10ClN3OS. The van der Waals surface area contributed by atoms with Crippen LogP contribution in [0.2, 0.25) is 5.15 Å². The Morgan fingerprint density at radius 3 is 2.80 bits per heavy atom. The van der Waals surface area contributed by atoms with Gasteiger partial charge in [-0.1, -0.05) is 17.7 Å². The molecule has 2 atom stereocenters. The van der Waals surface area contributed by atoms with E-state index in [9.17, 15) is 4.21 Å². The van der Waals surface area contributed by atoms with Gasteiger partial charge in [0.1, 0.15) is 5.15 Å². The third-order valence-corrected chi connectivity index (χ3v) is 4.35. The van der Waals surface area contributed by atoms with Gasteiger partial charge >= 0.3 is 0 Å². The third-order valence-electron chi connectivity index (χ3n) is 2.10. The summed E-state index contributed by atoms with van der Waals surface area (Å²) in [5.41, 5.74) is 0.755. The topological polar surface area (TPSA) is 66.1 Å². The van der Waals surface area contributed by atoms with E-state index in [0.717, 1.165) is 5.56 Å². The van der Waals surface area contributed by atoms with Crippen molar-refractivity contribution in [2.45, 2.75) is 12.2 Å². The smallest absolute Gasteiger partial charge is 0.214 e. The van der Waals surface area contributed by atoms with Crippen molar-refractivity contribution in [2.24, 2.45) is 4.36 Å². The summed E-state index contributed by atoms with van der Waals surface area (Å²) in [6.45, 7) is 1.74. The lowest BCUT2D eigenvalue weighted by Crippen LogP contribution is -2.07. The fraction of sp³-hybridized carbons (Fsp3) is 0.333. The number of nitriles is 1. The zero-order valence-corrected chi connectivity index (χ0v) is 9.92. The quantitative estimate of drug-likeness (QED) is 0.592. The van der Waals surface area contributed by atoms with Gasteiger partial charge in [0, 0.05) is 12.5 Å². The highest BCUT2D eigenvalue weighted by atomic mass is 35.5. The van der Waals surface area contributed by atoms with Crippen molar-refractivity contribution in [1.29, 1.82) is 5.26 Å². The van der Waals surface area contributed by atoms with Crippen molar-refractivity contribution in [3.05, 3.63) is 29.0 Å². The maximum Gasteiger partial charge on any atom is 0.214 e. The summed E-state index contributed by atoms with van der Waals surface area (Å²) < 4.78 is 15.3. The molecule has 0 aromatic carbocycles. The number of rotatable bonds is 2. The SMILES string of the molecule is CC(c1ccc(Cl)nc1)S(C)(=O)=NC#N. The average molecular weight is 244 g/mol. The van der Waals surface area contributed by atoms with Crippen molar-refractivity contribution >= 4 is 21.3 Å². The van der Waals surface area contributed by atoms with Gasteiger partial charge in [-0.3, -0.25) is 0 Å². The van der Waals surface area contributed by atoms with Gasteiger partial charge in [0.25, 0.3) is 0 Å². The summed E-state index contributed by atoms with van der Waals surface area (Å²) in [6.07, 6.45) is 4.57. The molecule has 1 aromatic rings. The Balaban J connectivity index is 3.12. The molecule has 0 aliphatic heterocycles. The second kappa shape index (κ2) is 4.60. The molecule has 15 heavy (non-hydrogen) atoms. The lowest BCUT2D eigenvalue weighted by molar-refractivity contribution is 0.673. The lowest BCUT2D eigenvalue weighted by Gasteiger charge is -2.11. The highest BCUT2D eigenvalue weighted by molar-refractivity contribution is 7.93. The predicted octanol–water partition coefficient (Wildman–Crippen LogP) is 2.37. The van der Waals surface area contributed by atoms with Crippen LogP contribution in [0.1, 0.15) is 17.7 Å². The number of aromatic nitrogens is 1. The fourth-order valence-electron chi connectivity index (χ4n) is 1.04. The van der Waals surface area contributed by atoms with Crippen molar-refractivity contribution in [3.8, 4) is 6.19 Å². The Bertz CT molecular complexity index is 497. The van der Waals surface area contributed by atoms with Gasteiger partial charge in [0.15, 0.2) is 0 Å². The fourth-order valence-corrected chi connectivity index (χ4v) is 2.12. The van der Waals surface area contributed by atoms with Crippen LogP contribution in [0.3, 0.4) is 0 Å². The number of hydrogen-bond donors (Lipinski definition) is 0. The predicted molar refractivity (Wildman–Crippen MR) is 59.8 cm³/mol. The molecular weight excluding hydrogens is 234 g/mol. The van der Waals surface area contributed by atoms with Crippen LogP contribution in [0, 0.1) is 11.5 Å². The van der Waals surface area contributed by atoms with E-state index in [1.165, 1.54) is 6.26 Å². The minimum atomic E-state index is -2.55. The molecule has 1 rings (SSSR count). The van der Waals surface area contributed by atoms with Crippen molar-refractivity contribution in [3.63, 3.8) is 0 Å². The lowest BCUT2D eigenvalue weighted by atomic mass is 10.2. The van der Waals surface area contributed by atoms with E-state index in [4.69, 9.17) is 16.9 Å². The van der Waals surface area contributed by atoms with Gasteiger partial charge in [-0.25, -0.2) is 9.19 Å². The van der Waals surface area contributed by atoms with Crippen LogP contribution in [-0.4, -0.2) is 15.4 Å². The highest BCUT2D eigenvalue weighted by Crippen LogP contribution is 2.22. The van der Waals surface area contributed by atoms with Gasteiger partial charge in [-0.15, -0.1) is 4.36 Å². The Morgan fingerprint density at radius 2 is 2.33 bits per heavy atom. The molecule has 0 amide bonds. The van der Waals surface area contributed by atoms with Crippen LogP contribution in [0.5, 0.6) is 0 Å². The van der Waals surface area contributed by atoms with E-state index in [1.807, 2.05) is 0 Å². The first kappa shape index (κ1) is 12.0. The second-order valence-electron chi connectivity index (χ2n) is 3.11. The van der Waals surface area contributed by atoms with Gasteiger partial charge in [0.2, 0.25) is 6.19 Å². The van der Waals surface area contributed by atoms with Crippen molar-refractivity contribution in [1.82, 2.24) is 4.98 Å². The van der Waals surface area contributed by atoms with E-state index in [2.05, 4.69) is 9.35 Å². The van der Waals surface area contributed by atoms with Crippen LogP contribution in [0.15, 0.2) is 22.7 Å². The van der Waals surface area contributed by atoms with Gasteiger partial charge in [0.05, 0.1) is 15.0 Å². The van der Waals surface area contributed by atoms with Crippen LogP contribution in [-0.2, 0) is 9.73 Å². The maximum absolute atomic E-state index is 11.9. The average Bonchev–Trinajstić information content (AvgIpc) is 2.18. The molecule has 1 heterocycles. The van der Waals surface area contributed by atoms with E-state index in [1.54, 1.807) is 31.4 Å². The second-order valence-corrected chi connectivity index (χ2v) is 6.11. The molecule has 6 heteroatoms. The molecule has 0 aliphatic rings. The first-order valence-electron chi connectivity index (χ1n) is 4.18. The molecule has 0 fully saturated rings. The zero-order valence-electron chi connectivity index (χ0n) is 8.35. The molecule has 0 spiro atoms. The van der Waals surface area contributed by atoms with Crippen LogP contribution in [0.25, 0.3) is 0 Å². The van der Waals surface area contributed by atoms with Crippen LogP contribution >= 0.6 is 11.6 Å². The van der Waals surface area contributed by atoms with Gasteiger partial charge < -0.3 is 0 Å². The molecule has 0 N–H and O–H groups in total. The summed E-state index contributed by atoms with van der Waals surface area (Å²) in [4.78, 5) is 3.89. The third kappa shape index (κ3) is 2.91. The molecule has 4 nitrogen and oxygen atoms in total. The summed E-state index contributed by atoms with van der Waals surface area (Å²) in [7, 11) is -2.55. The number of nitrogens with zero attached hydrogens (tertiary/aromatic N) is 3. The van der Waals surface area contributed by atoms with Crippen molar-refractivity contribution < 1.29 is 4.21 Å². The Kier molecular flexibility index (Phi) is 3.66. The standard InChI is InChI=1S/C9H10ClN3OS/c1-7(15(2,14)13-6-11)8-3-4-9(10)12-5-8/h3-5,7H,1-2H3. The molecule has 0 saturated heterocycles.